The molecule has 172 valence electrons. The predicted octanol–water partition coefficient (Wildman–Crippen LogP) is 8.58. The van der Waals surface area contributed by atoms with E-state index in [0.29, 0.717) is 13.2 Å². The Morgan fingerprint density at radius 1 is 0.844 bits per heavy atom. The summed E-state index contributed by atoms with van der Waals surface area (Å²) >= 11 is 0. The second-order valence-corrected chi connectivity index (χ2v) is 9.39. The third-order valence-corrected chi connectivity index (χ3v) is 6.92. The van der Waals surface area contributed by atoms with Gasteiger partial charge in [-0.3, -0.25) is 0 Å². The molecule has 0 bridgehead atoms. The van der Waals surface area contributed by atoms with Crippen LogP contribution in [0.15, 0.2) is 73.3 Å². The molecule has 0 aliphatic heterocycles. The number of hydrogen-bond acceptors (Lipinski definition) is 1. The largest absolute Gasteiger partial charge is 0.373 e. The molecule has 1 nitrogen and oxygen atoms in total. The van der Waals surface area contributed by atoms with Crippen LogP contribution >= 0.6 is 0 Å². The predicted molar refractivity (Wildman–Crippen MR) is 138 cm³/mol. The van der Waals surface area contributed by atoms with E-state index in [1.807, 2.05) is 6.08 Å². The molecule has 32 heavy (non-hydrogen) atoms. The number of rotatable bonds is 13. The summed E-state index contributed by atoms with van der Waals surface area (Å²) in [7, 11) is 0. The van der Waals surface area contributed by atoms with Crippen LogP contribution in [0.3, 0.4) is 0 Å². The van der Waals surface area contributed by atoms with Gasteiger partial charge in [0.2, 0.25) is 0 Å². The van der Waals surface area contributed by atoms with E-state index < -0.39 is 0 Å². The van der Waals surface area contributed by atoms with Crippen molar-refractivity contribution in [1.82, 2.24) is 0 Å². The summed E-state index contributed by atoms with van der Waals surface area (Å²) in [6.45, 7) is 7.37. The van der Waals surface area contributed by atoms with Gasteiger partial charge in [0.1, 0.15) is 0 Å². The molecular weight excluding hydrogens is 388 g/mol. The van der Waals surface area contributed by atoms with Gasteiger partial charge in [0.15, 0.2) is 0 Å². The van der Waals surface area contributed by atoms with Crippen molar-refractivity contribution in [3.63, 3.8) is 0 Å². The van der Waals surface area contributed by atoms with E-state index in [9.17, 15) is 0 Å². The van der Waals surface area contributed by atoms with E-state index in [2.05, 4.69) is 74.2 Å². The van der Waals surface area contributed by atoms with Crippen LogP contribution in [0.1, 0.15) is 86.5 Å². The summed E-state index contributed by atoms with van der Waals surface area (Å²) in [5.41, 5.74) is 5.76. The monoisotopic (exact) mass is 430 g/mol. The molecular formula is C31H42O. The van der Waals surface area contributed by atoms with E-state index in [1.54, 1.807) is 0 Å². The molecule has 0 aromatic heterocycles. The number of allylic oxidation sites excluding steroid dienone is 2. The highest BCUT2D eigenvalue weighted by Crippen LogP contribution is 2.37. The molecule has 0 amide bonds. The van der Waals surface area contributed by atoms with Crippen LogP contribution in [-0.2, 0) is 24.2 Å². The first-order valence-electron chi connectivity index (χ1n) is 12.8. The fraction of sp³-hybridized carbons (Fsp3) is 0.484. The third kappa shape index (κ3) is 8.43. The second-order valence-electron chi connectivity index (χ2n) is 9.39. The topological polar surface area (TPSA) is 9.23 Å². The van der Waals surface area contributed by atoms with Crippen molar-refractivity contribution in [2.45, 2.75) is 83.7 Å². The molecule has 2 aromatic carbocycles. The highest BCUT2D eigenvalue weighted by Gasteiger charge is 2.22. The quantitative estimate of drug-likeness (QED) is 0.228. The molecule has 3 rings (SSSR count). The Morgan fingerprint density at radius 3 is 2.16 bits per heavy atom. The van der Waals surface area contributed by atoms with Crippen molar-refractivity contribution in [3.05, 3.63) is 95.6 Å². The maximum atomic E-state index is 5.72. The highest BCUT2D eigenvalue weighted by atomic mass is 16.5. The Morgan fingerprint density at radius 2 is 1.50 bits per heavy atom. The van der Waals surface area contributed by atoms with Gasteiger partial charge in [-0.05, 0) is 98.3 Å². The van der Waals surface area contributed by atoms with Crippen molar-refractivity contribution in [3.8, 4) is 0 Å². The van der Waals surface area contributed by atoms with Gasteiger partial charge in [0.05, 0.1) is 13.2 Å². The first kappa shape index (κ1) is 24.5. The van der Waals surface area contributed by atoms with E-state index in [4.69, 9.17) is 4.74 Å². The third-order valence-electron chi connectivity index (χ3n) is 6.92. The number of unbranched alkanes of at least 4 members (excludes halogenated alkanes) is 1. The van der Waals surface area contributed by atoms with Crippen LogP contribution in [-0.4, -0.2) is 6.61 Å². The van der Waals surface area contributed by atoms with Crippen LogP contribution in [0.4, 0.5) is 0 Å². The molecule has 0 saturated heterocycles. The highest BCUT2D eigenvalue weighted by molar-refractivity contribution is 5.26. The minimum absolute atomic E-state index is 0.705. The second kappa shape index (κ2) is 14.1. The molecule has 0 spiro atoms. The zero-order chi connectivity index (χ0) is 22.4. The number of ether oxygens (including phenoxy) is 1. The van der Waals surface area contributed by atoms with Gasteiger partial charge in [0, 0.05) is 0 Å². The maximum Gasteiger partial charge on any atom is 0.0721 e. The summed E-state index contributed by atoms with van der Waals surface area (Å²) in [5, 5.41) is 0. The molecule has 0 N–H and O–H groups in total. The first-order chi connectivity index (χ1) is 15.8. The van der Waals surface area contributed by atoms with Crippen molar-refractivity contribution < 1.29 is 4.74 Å². The minimum Gasteiger partial charge on any atom is -0.373 e. The summed E-state index contributed by atoms with van der Waals surface area (Å²) in [6.07, 6.45) is 18.8. The van der Waals surface area contributed by atoms with Gasteiger partial charge in [-0.2, -0.15) is 0 Å². The Labute approximate surface area is 196 Å². The summed E-state index contributed by atoms with van der Waals surface area (Å²) in [5.74, 6) is 1.63. The number of benzene rings is 2. The molecule has 0 radical (unpaired) electrons. The SMILES string of the molecule is C=CCCCc1ccc(CCC2CCC(c3ccc(COCC=CCC)cc3)CC2)cc1. The Balaban J connectivity index is 1.35. The first-order valence-corrected chi connectivity index (χ1v) is 12.8. The van der Waals surface area contributed by atoms with Gasteiger partial charge in [-0.15, -0.1) is 6.58 Å². The van der Waals surface area contributed by atoms with Crippen molar-refractivity contribution in [2.75, 3.05) is 6.61 Å². The van der Waals surface area contributed by atoms with E-state index in [-0.39, 0.29) is 0 Å². The van der Waals surface area contributed by atoms with Crippen LogP contribution in [0.2, 0.25) is 0 Å². The molecule has 0 heterocycles. The van der Waals surface area contributed by atoms with Gasteiger partial charge in [0.25, 0.3) is 0 Å². The fourth-order valence-corrected chi connectivity index (χ4v) is 4.84. The number of aryl methyl sites for hydroxylation is 2. The molecule has 1 aliphatic rings. The Kier molecular flexibility index (Phi) is 10.8. The van der Waals surface area contributed by atoms with E-state index in [1.165, 1.54) is 73.6 Å². The summed E-state index contributed by atoms with van der Waals surface area (Å²) in [6, 6.07) is 18.5. The number of hydrogen-bond donors (Lipinski definition) is 0. The van der Waals surface area contributed by atoms with Crippen LogP contribution < -0.4 is 0 Å². The van der Waals surface area contributed by atoms with Crippen molar-refractivity contribution in [2.24, 2.45) is 5.92 Å². The summed E-state index contributed by atoms with van der Waals surface area (Å²) < 4.78 is 5.72. The summed E-state index contributed by atoms with van der Waals surface area (Å²) in [4.78, 5) is 0. The zero-order valence-corrected chi connectivity index (χ0v) is 20.1. The van der Waals surface area contributed by atoms with Crippen LogP contribution in [0.25, 0.3) is 0 Å². The molecule has 1 heteroatoms. The normalized spacial score (nSPS) is 18.8. The lowest BCUT2D eigenvalue weighted by atomic mass is 9.77. The molecule has 1 aliphatic carbocycles. The Bertz CT molecular complexity index is 791. The standard InChI is InChI=1S/C31H42O/c1-3-5-7-9-26-10-12-27(13-11-26)14-15-28-16-20-30(21-17-28)31-22-18-29(19-23-31)25-32-24-8-6-4-2/h3,6,8,10-13,18-19,22-23,28,30H,1,4-5,7,9,14-17,20-21,24-25H2,2H3. The van der Waals surface area contributed by atoms with Gasteiger partial charge in [-0.25, -0.2) is 0 Å². The smallest absolute Gasteiger partial charge is 0.0721 e. The fourth-order valence-electron chi connectivity index (χ4n) is 4.84. The molecule has 0 unspecified atom stereocenters. The zero-order valence-electron chi connectivity index (χ0n) is 20.1. The molecule has 2 aromatic rings. The lowest BCUT2D eigenvalue weighted by Gasteiger charge is -2.29. The van der Waals surface area contributed by atoms with Gasteiger partial charge in [-0.1, -0.05) is 73.7 Å². The average Bonchev–Trinajstić information content (AvgIpc) is 2.84. The van der Waals surface area contributed by atoms with Crippen molar-refractivity contribution >= 4 is 0 Å². The van der Waals surface area contributed by atoms with E-state index >= 15 is 0 Å². The lowest BCUT2D eigenvalue weighted by molar-refractivity contribution is 0.148. The molecule has 0 atom stereocenters. The molecule has 1 fully saturated rings. The van der Waals surface area contributed by atoms with E-state index in [0.717, 1.165) is 24.7 Å². The van der Waals surface area contributed by atoms with Crippen LogP contribution in [0.5, 0.6) is 0 Å². The average molecular weight is 431 g/mol. The minimum atomic E-state index is 0.705. The lowest BCUT2D eigenvalue weighted by Crippen LogP contribution is -2.14. The van der Waals surface area contributed by atoms with Crippen molar-refractivity contribution in [1.29, 1.82) is 0 Å². The van der Waals surface area contributed by atoms with Gasteiger partial charge < -0.3 is 4.74 Å². The van der Waals surface area contributed by atoms with Gasteiger partial charge >= 0.3 is 0 Å². The Hall–Kier alpha value is -2.12. The molecule has 1 saturated carbocycles. The van der Waals surface area contributed by atoms with Crippen LogP contribution in [0, 0.1) is 5.92 Å². The maximum absolute atomic E-state index is 5.72.